The second-order valence-electron chi connectivity index (χ2n) is 6.54. The highest BCUT2D eigenvalue weighted by Crippen LogP contribution is 2.23. The fourth-order valence-electron chi connectivity index (χ4n) is 2.80. The Morgan fingerprint density at radius 3 is 2.48 bits per heavy atom. The van der Waals surface area contributed by atoms with Gasteiger partial charge in [-0.15, -0.1) is 0 Å². The Labute approximate surface area is 172 Å². The van der Waals surface area contributed by atoms with Gasteiger partial charge < -0.3 is 10.1 Å². The van der Waals surface area contributed by atoms with Crippen molar-refractivity contribution >= 4 is 29.2 Å². The molecule has 3 aromatic rings. The Bertz CT molecular complexity index is 1080. The molecule has 0 saturated carbocycles. The number of amides is 1. The summed E-state index contributed by atoms with van der Waals surface area (Å²) < 4.78 is 19.8. The van der Waals surface area contributed by atoms with E-state index in [1.807, 2.05) is 38.1 Å². The third kappa shape index (κ3) is 4.63. The first kappa shape index (κ1) is 20.5. The number of carbonyl (C=O) groups excluding carboxylic acids is 2. The molecule has 2 aromatic carbocycles. The summed E-state index contributed by atoms with van der Waals surface area (Å²) in [5.74, 6) is -1.90. The van der Waals surface area contributed by atoms with Crippen LogP contribution >= 0.6 is 11.6 Å². The van der Waals surface area contributed by atoms with Gasteiger partial charge >= 0.3 is 5.97 Å². The lowest BCUT2D eigenvalue weighted by atomic mass is 10.2. The van der Waals surface area contributed by atoms with Gasteiger partial charge in [-0.3, -0.25) is 4.79 Å². The van der Waals surface area contributed by atoms with Crippen molar-refractivity contribution in [1.82, 2.24) is 9.78 Å². The molecule has 0 saturated heterocycles. The molecule has 8 heteroatoms. The van der Waals surface area contributed by atoms with Gasteiger partial charge in [0.25, 0.3) is 5.91 Å². The molecule has 0 aliphatic heterocycles. The summed E-state index contributed by atoms with van der Waals surface area (Å²) in [5, 5.41) is 7.10. The van der Waals surface area contributed by atoms with Crippen molar-refractivity contribution in [3.05, 3.63) is 75.8 Å². The molecule has 1 heterocycles. The number of benzene rings is 2. The maximum absolute atomic E-state index is 13.1. The van der Waals surface area contributed by atoms with Crippen LogP contribution in [0.5, 0.6) is 0 Å². The lowest BCUT2D eigenvalue weighted by Gasteiger charge is -2.09. The number of rotatable bonds is 5. The first-order valence-electron chi connectivity index (χ1n) is 8.81. The van der Waals surface area contributed by atoms with E-state index in [9.17, 15) is 14.0 Å². The van der Waals surface area contributed by atoms with Crippen molar-refractivity contribution < 1.29 is 18.7 Å². The molecule has 1 N–H and O–H groups in total. The summed E-state index contributed by atoms with van der Waals surface area (Å²) in [6.45, 7) is 5.09. The number of esters is 1. The highest BCUT2D eigenvalue weighted by molar-refractivity contribution is 6.33. The number of aromatic nitrogens is 2. The van der Waals surface area contributed by atoms with Crippen LogP contribution in [0.2, 0.25) is 5.02 Å². The first-order valence-corrected chi connectivity index (χ1v) is 9.19. The van der Waals surface area contributed by atoms with E-state index < -0.39 is 24.3 Å². The van der Waals surface area contributed by atoms with E-state index in [4.69, 9.17) is 16.3 Å². The number of hydrogen-bond acceptors (Lipinski definition) is 4. The summed E-state index contributed by atoms with van der Waals surface area (Å²) in [5.41, 5.74) is 3.91. The second-order valence-corrected chi connectivity index (χ2v) is 6.95. The van der Waals surface area contributed by atoms with Crippen molar-refractivity contribution in [3.63, 3.8) is 0 Å². The zero-order valence-corrected chi connectivity index (χ0v) is 16.9. The average molecular weight is 416 g/mol. The van der Waals surface area contributed by atoms with E-state index >= 15 is 0 Å². The first-order chi connectivity index (χ1) is 13.8. The SMILES string of the molecule is Cc1ccc(-n2nc(C)c(NC(=O)COC(=O)c3ccc(F)cc3Cl)c2C)cc1. The van der Waals surface area contributed by atoms with Crippen LogP contribution in [0.25, 0.3) is 5.69 Å². The Morgan fingerprint density at radius 2 is 1.83 bits per heavy atom. The van der Waals surface area contributed by atoms with Gasteiger partial charge in [-0.1, -0.05) is 29.3 Å². The molecular weight excluding hydrogens is 397 g/mol. The summed E-state index contributed by atoms with van der Waals surface area (Å²) in [4.78, 5) is 24.3. The van der Waals surface area contributed by atoms with E-state index in [-0.39, 0.29) is 10.6 Å². The molecule has 0 atom stereocenters. The molecule has 0 aliphatic rings. The molecule has 6 nitrogen and oxygen atoms in total. The molecule has 150 valence electrons. The highest BCUT2D eigenvalue weighted by atomic mass is 35.5. The molecule has 0 unspecified atom stereocenters. The normalized spacial score (nSPS) is 10.7. The number of nitrogens with zero attached hydrogens (tertiary/aromatic N) is 2. The minimum atomic E-state index is -0.811. The number of ether oxygens (including phenoxy) is 1. The molecule has 1 aromatic heterocycles. The Hall–Kier alpha value is -3.19. The smallest absolute Gasteiger partial charge is 0.340 e. The van der Waals surface area contributed by atoms with Crippen LogP contribution < -0.4 is 5.32 Å². The zero-order chi connectivity index (χ0) is 21.1. The Balaban J connectivity index is 1.68. The van der Waals surface area contributed by atoms with Gasteiger partial charge in [0.05, 0.1) is 33.3 Å². The molecule has 29 heavy (non-hydrogen) atoms. The molecule has 0 spiro atoms. The predicted molar refractivity (Wildman–Crippen MR) is 108 cm³/mol. The van der Waals surface area contributed by atoms with Crippen LogP contribution in [-0.2, 0) is 9.53 Å². The van der Waals surface area contributed by atoms with Crippen molar-refractivity contribution in [2.45, 2.75) is 20.8 Å². The predicted octanol–water partition coefficient (Wildman–Crippen LogP) is 4.39. The quantitative estimate of drug-likeness (QED) is 0.627. The maximum Gasteiger partial charge on any atom is 0.340 e. The van der Waals surface area contributed by atoms with E-state index in [0.717, 1.165) is 29.1 Å². The van der Waals surface area contributed by atoms with E-state index in [1.54, 1.807) is 11.6 Å². The van der Waals surface area contributed by atoms with Crippen LogP contribution in [0.3, 0.4) is 0 Å². The number of aryl methyl sites for hydroxylation is 2. The van der Waals surface area contributed by atoms with Gasteiger partial charge in [-0.25, -0.2) is 13.9 Å². The lowest BCUT2D eigenvalue weighted by molar-refractivity contribution is -0.119. The van der Waals surface area contributed by atoms with E-state index in [1.165, 1.54) is 6.07 Å². The fourth-order valence-corrected chi connectivity index (χ4v) is 3.04. The van der Waals surface area contributed by atoms with Crippen molar-refractivity contribution in [2.75, 3.05) is 11.9 Å². The number of carbonyl (C=O) groups is 2. The third-order valence-electron chi connectivity index (χ3n) is 4.32. The monoisotopic (exact) mass is 415 g/mol. The van der Waals surface area contributed by atoms with Gasteiger partial charge in [-0.2, -0.15) is 5.10 Å². The van der Waals surface area contributed by atoms with Crippen molar-refractivity contribution in [1.29, 1.82) is 0 Å². The molecule has 0 fully saturated rings. The molecule has 0 radical (unpaired) electrons. The zero-order valence-electron chi connectivity index (χ0n) is 16.1. The molecule has 0 bridgehead atoms. The average Bonchev–Trinajstić information content (AvgIpc) is 2.95. The van der Waals surface area contributed by atoms with E-state index in [2.05, 4.69) is 10.4 Å². The number of nitrogens with one attached hydrogen (secondary N) is 1. The highest BCUT2D eigenvalue weighted by Gasteiger charge is 2.18. The van der Waals surface area contributed by atoms with Crippen molar-refractivity contribution in [2.24, 2.45) is 0 Å². The third-order valence-corrected chi connectivity index (χ3v) is 4.63. The summed E-state index contributed by atoms with van der Waals surface area (Å²) in [6.07, 6.45) is 0. The van der Waals surface area contributed by atoms with E-state index in [0.29, 0.717) is 11.4 Å². The van der Waals surface area contributed by atoms with Crippen LogP contribution in [0, 0.1) is 26.6 Å². The van der Waals surface area contributed by atoms with Gasteiger partial charge in [-0.05, 0) is 51.1 Å². The van der Waals surface area contributed by atoms with Crippen LogP contribution in [-0.4, -0.2) is 28.3 Å². The molecule has 3 rings (SSSR count). The van der Waals surface area contributed by atoms with Gasteiger partial charge in [0.15, 0.2) is 6.61 Å². The Morgan fingerprint density at radius 1 is 1.14 bits per heavy atom. The standard InChI is InChI=1S/C21H19ClFN3O3/c1-12-4-7-16(8-5-12)26-14(3)20(13(2)25-26)24-19(27)11-29-21(28)17-9-6-15(23)10-18(17)22/h4-10H,11H2,1-3H3,(H,24,27). The minimum Gasteiger partial charge on any atom is -0.452 e. The molecular formula is C21H19ClFN3O3. The maximum atomic E-state index is 13.1. The second kappa shape index (κ2) is 8.45. The summed E-state index contributed by atoms with van der Waals surface area (Å²) >= 11 is 5.83. The largest absolute Gasteiger partial charge is 0.452 e. The number of halogens is 2. The van der Waals surface area contributed by atoms with Crippen LogP contribution in [0.15, 0.2) is 42.5 Å². The number of anilines is 1. The van der Waals surface area contributed by atoms with Crippen molar-refractivity contribution in [3.8, 4) is 5.69 Å². The van der Waals surface area contributed by atoms with Gasteiger partial charge in [0.1, 0.15) is 5.82 Å². The fraction of sp³-hybridized carbons (Fsp3) is 0.190. The summed E-state index contributed by atoms with van der Waals surface area (Å²) in [7, 11) is 0. The Kier molecular flexibility index (Phi) is 5.98. The van der Waals surface area contributed by atoms with Crippen LogP contribution in [0.4, 0.5) is 10.1 Å². The van der Waals surface area contributed by atoms with Gasteiger partial charge in [0, 0.05) is 0 Å². The van der Waals surface area contributed by atoms with Crippen LogP contribution in [0.1, 0.15) is 27.3 Å². The summed E-state index contributed by atoms with van der Waals surface area (Å²) in [6, 6.07) is 11.1. The lowest BCUT2D eigenvalue weighted by Crippen LogP contribution is -2.21. The molecule has 1 amide bonds. The molecule has 0 aliphatic carbocycles. The van der Waals surface area contributed by atoms with Gasteiger partial charge in [0.2, 0.25) is 0 Å². The minimum absolute atomic E-state index is 0.0135. The topological polar surface area (TPSA) is 73.2 Å². The number of hydrogen-bond donors (Lipinski definition) is 1.